The van der Waals surface area contributed by atoms with Gasteiger partial charge in [0.2, 0.25) is 5.91 Å². The second-order valence-electron chi connectivity index (χ2n) is 4.71. The maximum absolute atomic E-state index is 12.4. The largest absolute Gasteiger partial charge is 0.380 e. The van der Waals surface area contributed by atoms with Gasteiger partial charge in [-0.25, -0.2) is 0 Å². The molecule has 5 heteroatoms. The van der Waals surface area contributed by atoms with Crippen molar-refractivity contribution in [1.82, 2.24) is 5.32 Å². The van der Waals surface area contributed by atoms with Gasteiger partial charge in [-0.1, -0.05) is 12.1 Å². The highest BCUT2D eigenvalue weighted by atomic mass is 16.5. The van der Waals surface area contributed by atoms with Gasteiger partial charge in [0.15, 0.2) is 0 Å². The van der Waals surface area contributed by atoms with Crippen molar-refractivity contribution < 1.29 is 14.3 Å². The van der Waals surface area contributed by atoms with Gasteiger partial charge in [0.25, 0.3) is 5.91 Å². The Hall–Kier alpha value is -1.88. The van der Waals surface area contributed by atoms with Gasteiger partial charge in [-0.05, 0) is 26.0 Å². The minimum atomic E-state index is -0.538. The average Bonchev–Trinajstić information content (AvgIpc) is 2.50. The number of hydrogen-bond donors (Lipinski definition) is 1. The first-order chi connectivity index (χ1) is 9.04. The predicted molar refractivity (Wildman–Crippen MR) is 72.2 cm³/mol. The molecule has 0 spiro atoms. The molecule has 0 saturated heterocycles. The first-order valence-electron chi connectivity index (χ1n) is 6.28. The van der Waals surface area contributed by atoms with Crippen molar-refractivity contribution in [2.45, 2.75) is 26.0 Å². The van der Waals surface area contributed by atoms with E-state index in [1.54, 1.807) is 37.1 Å². The maximum Gasteiger partial charge on any atom is 0.254 e. The Morgan fingerprint density at radius 2 is 2.05 bits per heavy atom. The highest BCUT2D eigenvalue weighted by Crippen LogP contribution is 2.24. The smallest absolute Gasteiger partial charge is 0.254 e. The van der Waals surface area contributed by atoms with E-state index in [0.717, 1.165) is 0 Å². The van der Waals surface area contributed by atoms with Crippen molar-refractivity contribution in [1.29, 1.82) is 0 Å². The third-order valence-electron chi connectivity index (χ3n) is 3.27. The zero-order valence-electron chi connectivity index (χ0n) is 11.3. The number of rotatable bonds is 3. The van der Waals surface area contributed by atoms with E-state index < -0.39 is 6.04 Å². The topological polar surface area (TPSA) is 58.6 Å². The van der Waals surface area contributed by atoms with Crippen LogP contribution in [0, 0.1) is 0 Å². The van der Waals surface area contributed by atoms with Crippen LogP contribution in [0.2, 0.25) is 0 Å². The van der Waals surface area contributed by atoms with E-state index >= 15 is 0 Å². The molecule has 2 unspecified atom stereocenters. The number of ether oxygens (including phenoxy) is 1. The summed E-state index contributed by atoms with van der Waals surface area (Å²) in [5.74, 6) is -0.341. The van der Waals surface area contributed by atoms with E-state index in [1.165, 1.54) is 0 Å². The van der Waals surface area contributed by atoms with Crippen LogP contribution in [0.3, 0.4) is 0 Å². The molecule has 2 atom stereocenters. The molecule has 0 aromatic heterocycles. The molecule has 2 rings (SSSR count). The summed E-state index contributed by atoms with van der Waals surface area (Å²) < 4.78 is 5.22. The summed E-state index contributed by atoms with van der Waals surface area (Å²) in [4.78, 5) is 26.0. The van der Waals surface area contributed by atoms with Crippen LogP contribution in [0.15, 0.2) is 24.3 Å². The molecule has 1 aromatic rings. The number of para-hydroxylation sites is 1. The summed E-state index contributed by atoms with van der Waals surface area (Å²) in [6.45, 7) is 4.00. The molecule has 1 heterocycles. The standard InChI is InChI=1S/C14H18N2O3/c1-9(19-3)8-16-12-7-5-4-6-11(12)13(17)15-10(2)14(16)18/h4-7,9-10H,8H2,1-3H3,(H,15,17). The number of nitrogens with zero attached hydrogens (tertiary/aromatic N) is 1. The molecule has 102 valence electrons. The van der Waals surface area contributed by atoms with Gasteiger partial charge >= 0.3 is 0 Å². The van der Waals surface area contributed by atoms with Crippen molar-refractivity contribution >= 4 is 17.5 Å². The number of carbonyl (C=O) groups is 2. The van der Waals surface area contributed by atoms with Crippen molar-refractivity contribution in [3.8, 4) is 0 Å². The van der Waals surface area contributed by atoms with Crippen LogP contribution in [0.5, 0.6) is 0 Å². The highest BCUT2D eigenvalue weighted by Gasteiger charge is 2.31. The van der Waals surface area contributed by atoms with Crippen LogP contribution in [-0.2, 0) is 9.53 Å². The number of amides is 2. The fourth-order valence-corrected chi connectivity index (χ4v) is 2.11. The summed E-state index contributed by atoms with van der Waals surface area (Å²) in [6, 6.07) is 6.58. The van der Waals surface area contributed by atoms with Crippen molar-refractivity contribution in [2.24, 2.45) is 0 Å². The van der Waals surface area contributed by atoms with Crippen molar-refractivity contribution in [3.05, 3.63) is 29.8 Å². The molecule has 0 bridgehead atoms. The summed E-state index contributed by atoms with van der Waals surface area (Å²) in [6.07, 6.45) is -0.0996. The average molecular weight is 262 g/mol. The number of benzene rings is 1. The second kappa shape index (κ2) is 5.40. The van der Waals surface area contributed by atoms with Gasteiger partial charge in [-0.2, -0.15) is 0 Å². The van der Waals surface area contributed by atoms with Crippen LogP contribution in [0.25, 0.3) is 0 Å². The van der Waals surface area contributed by atoms with Crippen LogP contribution in [0.4, 0.5) is 5.69 Å². The number of carbonyl (C=O) groups excluding carboxylic acids is 2. The Bertz CT molecular complexity index is 501. The molecule has 1 aliphatic rings. The molecular weight excluding hydrogens is 244 g/mol. The molecule has 1 aliphatic heterocycles. The Labute approximate surface area is 112 Å². The van der Waals surface area contributed by atoms with Gasteiger partial charge < -0.3 is 15.0 Å². The van der Waals surface area contributed by atoms with Gasteiger partial charge in [-0.3, -0.25) is 9.59 Å². The van der Waals surface area contributed by atoms with E-state index in [0.29, 0.717) is 17.8 Å². The molecule has 5 nitrogen and oxygen atoms in total. The third-order valence-corrected chi connectivity index (χ3v) is 3.27. The lowest BCUT2D eigenvalue weighted by Crippen LogP contribution is -2.46. The first kappa shape index (κ1) is 13.5. The fraction of sp³-hybridized carbons (Fsp3) is 0.429. The third kappa shape index (κ3) is 2.61. The highest BCUT2D eigenvalue weighted by molar-refractivity contribution is 6.10. The molecule has 1 aromatic carbocycles. The minimum Gasteiger partial charge on any atom is -0.380 e. The minimum absolute atomic E-state index is 0.0996. The molecule has 2 amide bonds. The van der Waals surface area contributed by atoms with Gasteiger partial charge in [0.1, 0.15) is 6.04 Å². The lowest BCUT2D eigenvalue weighted by Gasteiger charge is -2.26. The Morgan fingerprint density at radius 1 is 1.37 bits per heavy atom. The van der Waals surface area contributed by atoms with E-state index in [9.17, 15) is 9.59 Å². The van der Waals surface area contributed by atoms with Gasteiger partial charge in [-0.15, -0.1) is 0 Å². The summed E-state index contributed by atoms with van der Waals surface area (Å²) in [5, 5.41) is 2.70. The quantitative estimate of drug-likeness (QED) is 0.890. The number of methoxy groups -OCH3 is 1. The SMILES string of the molecule is COC(C)CN1C(=O)C(C)NC(=O)c2ccccc21. The lowest BCUT2D eigenvalue weighted by molar-refractivity contribution is -0.120. The molecule has 0 aliphatic carbocycles. The number of hydrogen-bond acceptors (Lipinski definition) is 3. The lowest BCUT2D eigenvalue weighted by atomic mass is 10.1. The van der Waals surface area contributed by atoms with E-state index in [-0.39, 0.29) is 17.9 Å². The fourth-order valence-electron chi connectivity index (χ4n) is 2.11. The van der Waals surface area contributed by atoms with E-state index in [4.69, 9.17) is 4.74 Å². The monoisotopic (exact) mass is 262 g/mol. The summed E-state index contributed by atoms with van der Waals surface area (Å²) in [7, 11) is 1.60. The van der Waals surface area contributed by atoms with Gasteiger partial charge in [0.05, 0.1) is 23.9 Å². The second-order valence-corrected chi connectivity index (χ2v) is 4.71. The molecule has 19 heavy (non-hydrogen) atoms. The Morgan fingerprint density at radius 3 is 2.74 bits per heavy atom. The predicted octanol–water partition coefficient (Wildman–Crippen LogP) is 1.19. The maximum atomic E-state index is 12.4. The molecule has 1 N–H and O–H groups in total. The molecule has 0 saturated carbocycles. The Balaban J connectivity index is 2.45. The molecular formula is C14H18N2O3. The zero-order valence-corrected chi connectivity index (χ0v) is 11.3. The van der Waals surface area contributed by atoms with Crippen molar-refractivity contribution in [2.75, 3.05) is 18.6 Å². The summed E-state index contributed by atoms with van der Waals surface area (Å²) in [5.41, 5.74) is 1.15. The van der Waals surface area contributed by atoms with Crippen LogP contribution in [0.1, 0.15) is 24.2 Å². The van der Waals surface area contributed by atoms with Crippen LogP contribution >= 0.6 is 0 Å². The molecule has 0 fully saturated rings. The van der Waals surface area contributed by atoms with Crippen LogP contribution in [-0.4, -0.2) is 37.6 Å². The van der Waals surface area contributed by atoms with Crippen LogP contribution < -0.4 is 10.2 Å². The number of fused-ring (bicyclic) bond motifs is 1. The summed E-state index contributed by atoms with van der Waals surface area (Å²) >= 11 is 0. The normalized spacial score (nSPS) is 20.6. The number of nitrogens with one attached hydrogen (secondary N) is 1. The van der Waals surface area contributed by atoms with Crippen molar-refractivity contribution in [3.63, 3.8) is 0 Å². The van der Waals surface area contributed by atoms with E-state index in [1.807, 2.05) is 13.0 Å². The number of anilines is 1. The Kier molecular flexibility index (Phi) is 3.85. The first-order valence-corrected chi connectivity index (χ1v) is 6.28. The zero-order chi connectivity index (χ0) is 14.0. The van der Waals surface area contributed by atoms with E-state index in [2.05, 4.69) is 5.32 Å². The molecule has 0 radical (unpaired) electrons. The van der Waals surface area contributed by atoms with Gasteiger partial charge in [0, 0.05) is 7.11 Å².